The van der Waals surface area contributed by atoms with E-state index in [1.807, 2.05) is 4.57 Å². The number of ether oxygens (including phenoxy) is 1. The highest BCUT2D eigenvalue weighted by atomic mass is 35.5. The summed E-state index contributed by atoms with van der Waals surface area (Å²) in [5, 5.41) is 0. The minimum Gasteiger partial charge on any atom is -0.479 e. The minimum absolute atomic E-state index is 0.325. The number of rotatable bonds is 5. The summed E-state index contributed by atoms with van der Waals surface area (Å²) >= 11 is 7.83. The zero-order chi connectivity index (χ0) is 14.8. The number of imidazole rings is 1. The van der Waals surface area contributed by atoms with Crippen LogP contribution in [0.25, 0.3) is 11.2 Å². The van der Waals surface area contributed by atoms with Gasteiger partial charge in [-0.25, -0.2) is 9.97 Å². The molecule has 110 valence electrons. The van der Waals surface area contributed by atoms with E-state index < -0.39 is 0 Å². The summed E-state index contributed by atoms with van der Waals surface area (Å²) in [6, 6.07) is 4.31. The largest absolute Gasteiger partial charge is 0.479 e. The Bertz CT molecular complexity index is 768. The van der Waals surface area contributed by atoms with E-state index in [1.165, 1.54) is 16.1 Å². The van der Waals surface area contributed by atoms with Crippen molar-refractivity contribution in [3.8, 4) is 5.88 Å². The summed E-state index contributed by atoms with van der Waals surface area (Å²) in [6.45, 7) is 2.87. The van der Waals surface area contributed by atoms with Crippen molar-refractivity contribution in [2.24, 2.45) is 0 Å². The maximum absolute atomic E-state index is 6.03. The monoisotopic (exact) mass is 322 g/mol. The van der Waals surface area contributed by atoms with E-state index in [0.717, 1.165) is 17.9 Å². The summed E-state index contributed by atoms with van der Waals surface area (Å²) in [5.41, 5.74) is 1.41. The van der Waals surface area contributed by atoms with Crippen LogP contribution in [0.15, 0.2) is 18.5 Å². The van der Waals surface area contributed by atoms with Gasteiger partial charge in [-0.2, -0.15) is 4.98 Å². The van der Waals surface area contributed by atoms with Crippen LogP contribution >= 0.6 is 22.9 Å². The molecule has 3 heterocycles. The van der Waals surface area contributed by atoms with Crippen molar-refractivity contribution in [2.45, 2.75) is 25.8 Å². The number of aromatic nitrogens is 4. The van der Waals surface area contributed by atoms with Crippen LogP contribution in [0.4, 0.5) is 0 Å². The van der Waals surface area contributed by atoms with Crippen molar-refractivity contribution in [3.63, 3.8) is 0 Å². The SMILES string of the molecule is CCc1ccc(Cn2c(CCl)nc3c(OC)ncnc32)s1. The third-order valence-electron chi connectivity index (χ3n) is 3.27. The highest BCUT2D eigenvalue weighted by Gasteiger charge is 2.16. The molecule has 0 aliphatic carbocycles. The third-order valence-corrected chi connectivity index (χ3v) is 4.72. The molecule has 0 aliphatic rings. The lowest BCUT2D eigenvalue weighted by atomic mass is 10.3. The Morgan fingerprint density at radius 1 is 1.29 bits per heavy atom. The summed E-state index contributed by atoms with van der Waals surface area (Å²) in [6.07, 6.45) is 2.54. The van der Waals surface area contributed by atoms with Crippen LogP contribution in [-0.2, 0) is 18.8 Å². The Kier molecular flexibility index (Phi) is 4.07. The van der Waals surface area contributed by atoms with Gasteiger partial charge in [0.1, 0.15) is 12.2 Å². The van der Waals surface area contributed by atoms with Crippen LogP contribution in [0.2, 0.25) is 0 Å². The Morgan fingerprint density at radius 3 is 2.76 bits per heavy atom. The van der Waals surface area contributed by atoms with Crippen LogP contribution in [0.5, 0.6) is 5.88 Å². The highest BCUT2D eigenvalue weighted by Crippen LogP contribution is 2.25. The van der Waals surface area contributed by atoms with Crippen molar-refractivity contribution in [1.82, 2.24) is 19.5 Å². The van der Waals surface area contributed by atoms with Crippen molar-refractivity contribution < 1.29 is 4.74 Å². The van der Waals surface area contributed by atoms with Gasteiger partial charge in [0, 0.05) is 9.75 Å². The summed E-state index contributed by atoms with van der Waals surface area (Å²) < 4.78 is 7.27. The molecule has 3 aromatic rings. The zero-order valence-corrected chi connectivity index (χ0v) is 13.4. The number of halogens is 1. The molecule has 0 amide bonds. The van der Waals surface area contributed by atoms with Crippen LogP contribution in [-0.4, -0.2) is 26.6 Å². The van der Waals surface area contributed by atoms with Gasteiger partial charge in [0.15, 0.2) is 11.2 Å². The maximum Gasteiger partial charge on any atom is 0.245 e. The normalized spacial score (nSPS) is 11.2. The summed E-state index contributed by atoms with van der Waals surface area (Å²) in [5.74, 6) is 1.58. The lowest BCUT2D eigenvalue weighted by Gasteiger charge is -2.05. The summed E-state index contributed by atoms with van der Waals surface area (Å²) in [7, 11) is 1.58. The van der Waals surface area contributed by atoms with Crippen molar-refractivity contribution in [2.75, 3.05) is 7.11 Å². The van der Waals surface area contributed by atoms with E-state index in [4.69, 9.17) is 16.3 Å². The molecule has 0 bridgehead atoms. The van der Waals surface area contributed by atoms with E-state index >= 15 is 0 Å². The van der Waals surface area contributed by atoms with E-state index in [-0.39, 0.29) is 0 Å². The van der Waals surface area contributed by atoms with E-state index in [0.29, 0.717) is 23.8 Å². The number of hydrogen-bond acceptors (Lipinski definition) is 5. The molecule has 0 radical (unpaired) electrons. The van der Waals surface area contributed by atoms with Gasteiger partial charge in [-0.1, -0.05) is 6.92 Å². The van der Waals surface area contributed by atoms with E-state index in [9.17, 15) is 0 Å². The van der Waals surface area contributed by atoms with E-state index in [1.54, 1.807) is 18.4 Å². The highest BCUT2D eigenvalue weighted by molar-refractivity contribution is 7.11. The predicted octanol–water partition coefficient (Wildman–Crippen LogP) is 3.25. The first-order valence-electron chi connectivity index (χ1n) is 6.64. The molecule has 0 fully saturated rings. The first kappa shape index (κ1) is 14.3. The number of aryl methyl sites for hydroxylation is 1. The van der Waals surface area contributed by atoms with Gasteiger partial charge in [-0.15, -0.1) is 22.9 Å². The molecular formula is C14H15ClN4OS. The lowest BCUT2D eigenvalue weighted by Crippen LogP contribution is -2.03. The number of hydrogen-bond donors (Lipinski definition) is 0. The fraction of sp³-hybridized carbons (Fsp3) is 0.357. The molecule has 0 atom stereocenters. The lowest BCUT2D eigenvalue weighted by molar-refractivity contribution is 0.401. The first-order valence-corrected chi connectivity index (χ1v) is 7.99. The molecule has 21 heavy (non-hydrogen) atoms. The van der Waals surface area contributed by atoms with E-state index in [2.05, 4.69) is 34.0 Å². The Hall–Kier alpha value is -1.66. The standard InChI is InChI=1S/C14H15ClN4OS/c1-3-9-4-5-10(21-9)7-19-11(6-15)18-12-13(19)16-8-17-14(12)20-2/h4-5,8H,3,6-7H2,1-2H3. The Balaban J connectivity index is 2.07. The van der Waals surface area contributed by atoms with Gasteiger partial charge < -0.3 is 9.30 Å². The zero-order valence-electron chi connectivity index (χ0n) is 11.8. The molecule has 0 unspecified atom stereocenters. The molecule has 0 aliphatic heterocycles. The van der Waals surface area contributed by atoms with Crippen LogP contribution < -0.4 is 4.74 Å². The molecule has 7 heteroatoms. The third kappa shape index (κ3) is 2.61. The quantitative estimate of drug-likeness (QED) is 0.677. The smallest absolute Gasteiger partial charge is 0.245 e. The number of alkyl halides is 1. The molecule has 3 aromatic heterocycles. The molecular weight excluding hydrogens is 308 g/mol. The molecule has 3 rings (SSSR count). The van der Waals surface area contributed by atoms with Gasteiger partial charge in [0.25, 0.3) is 0 Å². The van der Waals surface area contributed by atoms with Crippen LogP contribution in [0.3, 0.4) is 0 Å². The van der Waals surface area contributed by atoms with Crippen LogP contribution in [0.1, 0.15) is 22.5 Å². The van der Waals surface area contributed by atoms with Crippen molar-refractivity contribution >= 4 is 34.1 Å². The fourth-order valence-electron chi connectivity index (χ4n) is 2.23. The average Bonchev–Trinajstić information content (AvgIpc) is 3.12. The van der Waals surface area contributed by atoms with Gasteiger partial charge in [-0.05, 0) is 18.6 Å². The maximum atomic E-state index is 6.03. The Morgan fingerprint density at radius 2 is 2.10 bits per heavy atom. The number of methoxy groups -OCH3 is 1. The second kappa shape index (κ2) is 5.99. The topological polar surface area (TPSA) is 52.8 Å². The second-order valence-corrected chi connectivity index (χ2v) is 6.04. The number of fused-ring (bicyclic) bond motifs is 1. The molecule has 0 saturated carbocycles. The molecule has 0 saturated heterocycles. The molecule has 0 N–H and O–H groups in total. The van der Waals surface area contributed by atoms with Gasteiger partial charge in [0.2, 0.25) is 5.88 Å². The van der Waals surface area contributed by atoms with Crippen LogP contribution in [0, 0.1) is 0 Å². The van der Waals surface area contributed by atoms with Gasteiger partial charge in [-0.3, -0.25) is 0 Å². The van der Waals surface area contributed by atoms with Crippen molar-refractivity contribution in [3.05, 3.63) is 34.0 Å². The van der Waals surface area contributed by atoms with Crippen molar-refractivity contribution in [1.29, 1.82) is 0 Å². The van der Waals surface area contributed by atoms with Gasteiger partial charge in [0.05, 0.1) is 19.5 Å². The number of nitrogens with zero attached hydrogens (tertiary/aromatic N) is 4. The Labute approximate surface area is 131 Å². The van der Waals surface area contributed by atoms with Gasteiger partial charge >= 0.3 is 0 Å². The second-order valence-electron chi connectivity index (χ2n) is 4.52. The summed E-state index contributed by atoms with van der Waals surface area (Å²) in [4.78, 5) is 15.6. The molecule has 0 aromatic carbocycles. The minimum atomic E-state index is 0.325. The average molecular weight is 323 g/mol. The first-order chi connectivity index (χ1) is 10.3. The number of thiophene rings is 1. The predicted molar refractivity (Wildman–Crippen MR) is 84.2 cm³/mol. The molecule has 0 spiro atoms. The fourth-order valence-corrected chi connectivity index (χ4v) is 3.38. The molecule has 5 nitrogen and oxygen atoms in total.